The SMILES string of the molecule is CC(C)(C)c1cn2nc(C(C)(C)C)ncc2n1. The van der Waals surface area contributed by atoms with Gasteiger partial charge in [0.25, 0.3) is 0 Å². The van der Waals surface area contributed by atoms with E-state index in [0.717, 1.165) is 17.2 Å². The van der Waals surface area contributed by atoms with Crippen LogP contribution in [0.5, 0.6) is 0 Å². The average Bonchev–Trinajstić information content (AvgIpc) is 2.57. The van der Waals surface area contributed by atoms with Gasteiger partial charge in [0.15, 0.2) is 11.5 Å². The first kappa shape index (κ1) is 12.0. The minimum atomic E-state index is -0.0413. The Bertz CT molecular complexity index is 529. The second kappa shape index (κ2) is 3.52. The number of rotatable bonds is 0. The van der Waals surface area contributed by atoms with Crippen LogP contribution in [-0.2, 0) is 10.8 Å². The molecular weight excluding hydrogens is 212 g/mol. The zero-order chi connectivity index (χ0) is 12.8. The van der Waals surface area contributed by atoms with Gasteiger partial charge in [0, 0.05) is 10.8 Å². The van der Waals surface area contributed by atoms with Crippen LogP contribution >= 0.6 is 0 Å². The molecule has 92 valence electrons. The van der Waals surface area contributed by atoms with Crippen molar-refractivity contribution in [3.8, 4) is 0 Å². The lowest BCUT2D eigenvalue weighted by atomic mass is 9.93. The van der Waals surface area contributed by atoms with Crippen LogP contribution in [0.15, 0.2) is 12.4 Å². The molecule has 4 heteroatoms. The van der Waals surface area contributed by atoms with Crippen molar-refractivity contribution in [3.05, 3.63) is 23.9 Å². The average molecular weight is 232 g/mol. The van der Waals surface area contributed by atoms with Gasteiger partial charge in [-0.2, -0.15) is 5.10 Å². The van der Waals surface area contributed by atoms with Crippen LogP contribution in [0.25, 0.3) is 5.65 Å². The van der Waals surface area contributed by atoms with Crippen LogP contribution in [0.2, 0.25) is 0 Å². The molecule has 0 aromatic carbocycles. The molecule has 0 saturated heterocycles. The number of hydrogen-bond donors (Lipinski definition) is 0. The molecule has 0 N–H and O–H groups in total. The van der Waals surface area contributed by atoms with E-state index < -0.39 is 0 Å². The predicted octanol–water partition coefficient (Wildman–Crippen LogP) is 2.72. The Morgan fingerprint density at radius 2 is 1.65 bits per heavy atom. The van der Waals surface area contributed by atoms with Gasteiger partial charge in [-0.15, -0.1) is 0 Å². The molecule has 0 amide bonds. The smallest absolute Gasteiger partial charge is 0.172 e. The van der Waals surface area contributed by atoms with Crippen molar-refractivity contribution in [1.29, 1.82) is 0 Å². The fourth-order valence-corrected chi connectivity index (χ4v) is 1.51. The molecule has 0 saturated carbocycles. The van der Waals surface area contributed by atoms with Gasteiger partial charge >= 0.3 is 0 Å². The van der Waals surface area contributed by atoms with E-state index in [9.17, 15) is 0 Å². The number of aromatic nitrogens is 4. The minimum absolute atomic E-state index is 0.0373. The largest absolute Gasteiger partial charge is 0.235 e. The van der Waals surface area contributed by atoms with Crippen molar-refractivity contribution in [1.82, 2.24) is 19.6 Å². The summed E-state index contributed by atoms with van der Waals surface area (Å²) in [4.78, 5) is 8.92. The Hall–Kier alpha value is -1.45. The predicted molar refractivity (Wildman–Crippen MR) is 68.2 cm³/mol. The molecule has 0 aliphatic carbocycles. The highest BCUT2D eigenvalue weighted by Crippen LogP contribution is 2.22. The summed E-state index contributed by atoms with van der Waals surface area (Å²) in [7, 11) is 0. The van der Waals surface area contributed by atoms with E-state index in [2.05, 4.69) is 56.6 Å². The van der Waals surface area contributed by atoms with Crippen LogP contribution < -0.4 is 0 Å². The molecule has 0 aliphatic heterocycles. The van der Waals surface area contributed by atoms with Gasteiger partial charge in [0.1, 0.15) is 0 Å². The van der Waals surface area contributed by atoms with Crippen molar-refractivity contribution in [2.45, 2.75) is 52.4 Å². The standard InChI is InChI=1S/C13H20N4/c1-12(2,3)9-8-17-10(15-9)7-14-11(16-17)13(4,5)6/h7-8H,1-6H3. The van der Waals surface area contributed by atoms with Gasteiger partial charge in [-0.05, 0) is 0 Å². The van der Waals surface area contributed by atoms with E-state index in [0.29, 0.717) is 0 Å². The summed E-state index contributed by atoms with van der Waals surface area (Å²) in [6, 6.07) is 0. The maximum absolute atomic E-state index is 4.55. The van der Waals surface area contributed by atoms with E-state index in [1.54, 1.807) is 6.20 Å². The summed E-state index contributed by atoms with van der Waals surface area (Å²) < 4.78 is 1.83. The van der Waals surface area contributed by atoms with Gasteiger partial charge in [0.05, 0.1) is 18.1 Å². The van der Waals surface area contributed by atoms with E-state index >= 15 is 0 Å². The Kier molecular flexibility index (Phi) is 2.49. The molecule has 0 spiro atoms. The number of fused-ring (bicyclic) bond motifs is 1. The molecule has 17 heavy (non-hydrogen) atoms. The third-order valence-electron chi connectivity index (χ3n) is 2.66. The van der Waals surface area contributed by atoms with Gasteiger partial charge in [-0.1, -0.05) is 41.5 Å². The first-order chi connectivity index (χ1) is 7.68. The fourth-order valence-electron chi connectivity index (χ4n) is 1.51. The van der Waals surface area contributed by atoms with Gasteiger partial charge in [-0.3, -0.25) is 0 Å². The monoisotopic (exact) mass is 232 g/mol. The van der Waals surface area contributed by atoms with Crippen molar-refractivity contribution in [2.75, 3.05) is 0 Å². The van der Waals surface area contributed by atoms with Gasteiger partial charge < -0.3 is 0 Å². The number of hydrogen-bond acceptors (Lipinski definition) is 3. The van der Waals surface area contributed by atoms with Crippen molar-refractivity contribution < 1.29 is 0 Å². The zero-order valence-electron chi connectivity index (χ0n) is 11.4. The van der Waals surface area contributed by atoms with E-state index in [-0.39, 0.29) is 10.8 Å². The highest BCUT2D eigenvalue weighted by Gasteiger charge is 2.21. The maximum Gasteiger partial charge on any atom is 0.172 e. The Morgan fingerprint density at radius 1 is 1.00 bits per heavy atom. The van der Waals surface area contributed by atoms with E-state index in [1.165, 1.54) is 0 Å². The topological polar surface area (TPSA) is 43.1 Å². The van der Waals surface area contributed by atoms with Crippen LogP contribution in [-0.4, -0.2) is 19.6 Å². The molecule has 0 bridgehead atoms. The molecule has 0 unspecified atom stereocenters. The van der Waals surface area contributed by atoms with Gasteiger partial charge in [-0.25, -0.2) is 14.5 Å². The summed E-state index contributed by atoms with van der Waals surface area (Å²) in [6.07, 6.45) is 3.79. The van der Waals surface area contributed by atoms with Crippen molar-refractivity contribution >= 4 is 5.65 Å². The second-order valence-electron chi connectivity index (χ2n) is 6.51. The quantitative estimate of drug-likeness (QED) is 0.701. The molecule has 0 atom stereocenters. The van der Waals surface area contributed by atoms with E-state index in [4.69, 9.17) is 0 Å². The van der Waals surface area contributed by atoms with Crippen LogP contribution in [0.4, 0.5) is 0 Å². The molecule has 4 nitrogen and oxygen atoms in total. The normalized spacial score (nSPS) is 13.3. The Labute approximate surface area is 102 Å². The molecule has 2 aromatic heterocycles. The third kappa shape index (κ3) is 2.30. The summed E-state index contributed by atoms with van der Waals surface area (Å²) in [5.41, 5.74) is 1.84. The third-order valence-corrected chi connectivity index (χ3v) is 2.66. The minimum Gasteiger partial charge on any atom is -0.235 e. The van der Waals surface area contributed by atoms with Gasteiger partial charge in [0.2, 0.25) is 0 Å². The fraction of sp³-hybridized carbons (Fsp3) is 0.615. The maximum atomic E-state index is 4.55. The zero-order valence-corrected chi connectivity index (χ0v) is 11.4. The first-order valence-corrected chi connectivity index (χ1v) is 5.91. The highest BCUT2D eigenvalue weighted by molar-refractivity contribution is 5.37. The van der Waals surface area contributed by atoms with E-state index in [1.807, 2.05) is 10.7 Å². The number of nitrogens with zero attached hydrogens (tertiary/aromatic N) is 4. The first-order valence-electron chi connectivity index (χ1n) is 5.91. The molecule has 2 heterocycles. The van der Waals surface area contributed by atoms with Crippen LogP contribution in [0, 0.1) is 0 Å². The lowest BCUT2D eigenvalue weighted by Crippen LogP contribution is -2.17. The van der Waals surface area contributed by atoms with Crippen LogP contribution in [0.1, 0.15) is 53.1 Å². The summed E-state index contributed by atoms with van der Waals surface area (Å²) in [6.45, 7) is 12.8. The summed E-state index contributed by atoms with van der Waals surface area (Å²) >= 11 is 0. The summed E-state index contributed by atoms with van der Waals surface area (Å²) in [5.74, 6) is 0.836. The second-order valence-corrected chi connectivity index (χ2v) is 6.51. The van der Waals surface area contributed by atoms with Crippen LogP contribution in [0.3, 0.4) is 0 Å². The molecular formula is C13H20N4. The lowest BCUT2D eigenvalue weighted by molar-refractivity contribution is 0.528. The van der Waals surface area contributed by atoms with Crippen molar-refractivity contribution in [2.24, 2.45) is 0 Å². The molecule has 0 aliphatic rings. The molecule has 2 aromatic rings. The highest BCUT2D eigenvalue weighted by atomic mass is 15.3. The molecule has 2 rings (SSSR count). The Morgan fingerprint density at radius 3 is 2.18 bits per heavy atom. The molecule has 0 radical (unpaired) electrons. The molecule has 0 fully saturated rings. The number of imidazole rings is 1. The lowest BCUT2D eigenvalue weighted by Gasteiger charge is -2.15. The summed E-state index contributed by atoms with van der Waals surface area (Å²) in [5, 5.41) is 4.52. The Balaban J connectivity index is 2.56. The van der Waals surface area contributed by atoms with Crippen molar-refractivity contribution in [3.63, 3.8) is 0 Å².